The Morgan fingerprint density at radius 3 is 2.09 bits per heavy atom. The molecule has 0 bridgehead atoms. The van der Waals surface area contributed by atoms with E-state index >= 15 is 0 Å². The van der Waals surface area contributed by atoms with Crippen LogP contribution in [0.2, 0.25) is 0 Å². The van der Waals surface area contributed by atoms with Crippen LogP contribution < -0.4 is 15.4 Å². The zero-order valence-corrected chi connectivity index (χ0v) is 33.9. The topological polar surface area (TPSA) is 168 Å². The molecule has 5 heterocycles. The van der Waals surface area contributed by atoms with Crippen molar-refractivity contribution in [1.29, 1.82) is 0 Å². The van der Waals surface area contributed by atoms with Gasteiger partial charge in [-0.05, 0) is 89.4 Å². The highest BCUT2D eigenvalue weighted by atomic mass is 16.5. The van der Waals surface area contributed by atoms with Gasteiger partial charge in [0, 0.05) is 36.2 Å². The number of nitrogens with one attached hydrogen (secondary N) is 3. The average Bonchev–Trinajstić information content (AvgIpc) is 4.06. The molecule has 0 saturated carbocycles. The quantitative estimate of drug-likeness (QED) is 0.166. The number of methoxy groups -OCH3 is 2. The van der Waals surface area contributed by atoms with E-state index < -0.39 is 24.3 Å². The first kappa shape index (κ1) is 38.9. The Labute approximate surface area is 337 Å². The second-order valence-electron chi connectivity index (χ2n) is 16.3. The van der Waals surface area contributed by atoms with Crippen molar-refractivity contribution in [3.8, 4) is 28.1 Å². The number of H-pyrrole nitrogens is 1. The fourth-order valence-electron chi connectivity index (χ4n) is 9.05. The Hall–Kier alpha value is -5.92. The van der Waals surface area contributed by atoms with Crippen LogP contribution in [-0.2, 0) is 32.1 Å². The lowest BCUT2D eigenvalue weighted by Crippen LogP contribution is -2.53. The maximum Gasteiger partial charge on any atom is 0.407 e. The van der Waals surface area contributed by atoms with Crippen LogP contribution in [0, 0.1) is 11.8 Å². The summed E-state index contributed by atoms with van der Waals surface area (Å²) in [6, 6.07) is 13.0. The van der Waals surface area contributed by atoms with Gasteiger partial charge >= 0.3 is 12.2 Å². The van der Waals surface area contributed by atoms with E-state index in [9.17, 15) is 19.2 Å². The number of alkyl carbamates (subject to hydrolysis) is 2. The third-order valence-electron chi connectivity index (χ3n) is 12.1. The average molecular weight is 790 g/mol. The van der Waals surface area contributed by atoms with Gasteiger partial charge < -0.3 is 39.6 Å². The number of ether oxygens (including phenoxy) is 3. The van der Waals surface area contributed by atoms with Crippen molar-refractivity contribution in [1.82, 2.24) is 30.4 Å². The molecule has 8 rings (SSSR count). The van der Waals surface area contributed by atoms with Gasteiger partial charge in [-0.1, -0.05) is 45.9 Å². The van der Waals surface area contributed by atoms with Crippen LogP contribution >= 0.6 is 0 Å². The monoisotopic (exact) mass is 789 g/mol. The predicted octanol–water partition coefficient (Wildman–Crippen LogP) is 6.83. The van der Waals surface area contributed by atoms with Crippen molar-refractivity contribution in [3.05, 3.63) is 65.6 Å². The molecule has 0 aliphatic carbocycles. The SMILES string of the molecule is COC(=O)N[C@H](C(=O)N1CCC[C@H]1C1=Nc2ccc3c4c(ccc3c2C1)-c1ccc(-c2cnc([C@@H]3CCCN3C(=O)[C@@H](NC(=O)OC)C(C)C)[nH]2)cc1CO4)C(C)C. The summed E-state index contributed by atoms with van der Waals surface area (Å²) < 4.78 is 16.1. The fraction of sp³-hybridized carbons (Fsp3) is 0.455. The van der Waals surface area contributed by atoms with E-state index in [1.165, 1.54) is 14.2 Å². The number of likely N-dealkylation sites (tertiary alicyclic amines) is 2. The van der Waals surface area contributed by atoms with Gasteiger partial charge in [0.05, 0.1) is 43.9 Å². The molecule has 0 unspecified atom stereocenters. The highest BCUT2D eigenvalue weighted by Gasteiger charge is 2.40. The van der Waals surface area contributed by atoms with E-state index in [-0.39, 0.29) is 35.7 Å². The van der Waals surface area contributed by atoms with Gasteiger partial charge in [-0.2, -0.15) is 0 Å². The van der Waals surface area contributed by atoms with Crippen molar-refractivity contribution in [2.75, 3.05) is 27.3 Å². The number of aromatic nitrogens is 2. The molecule has 4 atom stereocenters. The fourth-order valence-corrected chi connectivity index (χ4v) is 9.05. The molecular formula is C44H51N7O7. The van der Waals surface area contributed by atoms with Gasteiger partial charge in [-0.15, -0.1) is 0 Å². The minimum absolute atomic E-state index is 0.102. The third kappa shape index (κ3) is 7.02. The summed E-state index contributed by atoms with van der Waals surface area (Å²) >= 11 is 0. The second kappa shape index (κ2) is 15.8. The summed E-state index contributed by atoms with van der Waals surface area (Å²) in [5.41, 5.74) is 8.02. The Balaban J connectivity index is 1.000. The first-order valence-corrected chi connectivity index (χ1v) is 20.2. The Bertz CT molecular complexity index is 2320. The van der Waals surface area contributed by atoms with Gasteiger partial charge in [-0.25, -0.2) is 14.6 Å². The Morgan fingerprint density at radius 2 is 1.43 bits per heavy atom. The van der Waals surface area contributed by atoms with E-state index in [0.717, 1.165) is 92.9 Å². The van der Waals surface area contributed by atoms with Gasteiger partial charge in [0.2, 0.25) is 11.8 Å². The number of fused-ring (bicyclic) bond motifs is 7. The predicted molar refractivity (Wildman–Crippen MR) is 219 cm³/mol. The lowest BCUT2D eigenvalue weighted by molar-refractivity contribution is -0.135. The zero-order valence-electron chi connectivity index (χ0n) is 33.9. The normalized spacial score (nSPS) is 19.3. The molecule has 4 aromatic rings. The van der Waals surface area contributed by atoms with E-state index in [2.05, 4.69) is 58.1 Å². The number of hydrogen-bond acceptors (Lipinski definition) is 9. The van der Waals surface area contributed by atoms with Crippen LogP contribution in [0.25, 0.3) is 33.2 Å². The molecule has 3 aromatic carbocycles. The van der Waals surface area contributed by atoms with Crippen LogP contribution in [0.4, 0.5) is 15.3 Å². The van der Waals surface area contributed by atoms with Crippen LogP contribution in [0.1, 0.15) is 76.4 Å². The van der Waals surface area contributed by atoms with Crippen molar-refractivity contribution >= 4 is 46.2 Å². The van der Waals surface area contributed by atoms with E-state index in [0.29, 0.717) is 26.1 Å². The van der Waals surface area contributed by atoms with E-state index in [1.54, 1.807) is 0 Å². The van der Waals surface area contributed by atoms with Crippen LogP contribution in [0.15, 0.2) is 53.7 Å². The van der Waals surface area contributed by atoms with Crippen molar-refractivity contribution in [2.24, 2.45) is 16.8 Å². The largest absolute Gasteiger partial charge is 0.488 e. The minimum Gasteiger partial charge on any atom is -0.488 e. The summed E-state index contributed by atoms with van der Waals surface area (Å²) in [6.45, 7) is 9.25. The Kier molecular flexibility index (Phi) is 10.6. The summed E-state index contributed by atoms with van der Waals surface area (Å²) in [5, 5.41) is 7.56. The number of imidazole rings is 1. The number of rotatable bonds is 9. The summed E-state index contributed by atoms with van der Waals surface area (Å²) in [6.07, 6.45) is 4.52. The number of carbonyl (C=O) groups excluding carboxylic acids is 4. The lowest BCUT2D eigenvalue weighted by Gasteiger charge is -2.31. The lowest BCUT2D eigenvalue weighted by atomic mass is 9.90. The molecule has 2 fully saturated rings. The molecular weight excluding hydrogens is 739 g/mol. The first-order chi connectivity index (χ1) is 28.0. The molecule has 14 heteroatoms. The zero-order chi connectivity index (χ0) is 40.8. The molecule has 4 amide bonds. The maximum absolute atomic E-state index is 13.8. The molecule has 2 saturated heterocycles. The van der Waals surface area contributed by atoms with Gasteiger partial charge in [0.1, 0.15) is 30.3 Å². The van der Waals surface area contributed by atoms with Crippen LogP contribution in [-0.4, -0.2) is 94.9 Å². The van der Waals surface area contributed by atoms with E-state index in [1.807, 2.05) is 43.7 Å². The number of aliphatic imine (C=N–C) groups is 1. The number of aromatic amines is 1. The number of benzene rings is 3. The Morgan fingerprint density at radius 1 is 0.810 bits per heavy atom. The maximum atomic E-state index is 13.8. The molecule has 14 nitrogen and oxygen atoms in total. The number of carbonyl (C=O) groups is 4. The number of hydrogen-bond donors (Lipinski definition) is 3. The third-order valence-corrected chi connectivity index (χ3v) is 12.1. The molecule has 58 heavy (non-hydrogen) atoms. The second-order valence-corrected chi connectivity index (χ2v) is 16.3. The smallest absolute Gasteiger partial charge is 0.407 e. The molecule has 4 aliphatic rings. The molecule has 0 spiro atoms. The summed E-state index contributed by atoms with van der Waals surface area (Å²) in [5.74, 6) is 1.09. The molecule has 304 valence electrons. The van der Waals surface area contributed by atoms with Crippen LogP contribution in [0.3, 0.4) is 0 Å². The van der Waals surface area contributed by atoms with Crippen molar-refractivity contribution in [3.63, 3.8) is 0 Å². The van der Waals surface area contributed by atoms with E-state index in [4.69, 9.17) is 24.2 Å². The molecule has 3 N–H and O–H groups in total. The van der Waals surface area contributed by atoms with Gasteiger partial charge in [0.15, 0.2) is 0 Å². The summed E-state index contributed by atoms with van der Waals surface area (Å²) in [4.78, 5) is 68.5. The summed E-state index contributed by atoms with van der Waals surface area (Å²) in [7, 11) is 2.59. The van der Waals surface area contributed by atoms with Crippen LogP contribution in [0.5, 0.6) is 5.75 Å². The minimum atomic E-state index is -0.697. The number of nitrogens with zero attached hydrogens (tertiary/aromatic N) is 4. The highest BCUT2D eigenvalue weighted by Crippen LogP contribution is 2.46. The molecule has 1 aromatic heterocycles. The highest BCUT2D eigenvalue weighted by molar-refractivity contribution is 6.08. The van der Waals surface area contributed by atoms with Gasteiger partial charge in [-0.3, -0.25) is 14.6 Å². The standard InChI is InChI=1S/C44H51N7O7/c1-23(2)37(48-43(54)56-5)41(52)50-17-7-9-35(50)33-20-31-28-13-14-29-27-12-11-25(19-26(27)22-58-39(29)30(28)15-16-32(31)46-33)34-21-45-40(47-34)36-10-8-18-51(36)42(53)38(24(3)4)49-44(55)57-6/h11-16,19,21,23-24,35-38H,7-10,17-18,20,22H2,1-6H3,(H,45,47)(H,48,54)(H,49,55)/t35-,36-,37-,38-/m0/s1. The number of amides is 4. The molecule has 0 radical (unpaired) electrons. The van der Waals surface area contributed by atoms with Crippen molar-refractivity contribution < 1.29 is 33.4 Å². The first-order valence-electron chi connectivity index (χ1n) is 20.2. The van der Waals surface area contributed by atoms with Gasteiger partial charge in [0.25, 0.3) is 0 Å². The van der Waals surface area contributed by atoms with Crippen molar-refractivity contribution in [2.45, 2.75) is 90.6 Å². The molecule has 4 aliphatic heterocycles.